The van der Waals surface area contributed by atoms with Crippen molar-refractivity contribution in [3.05, 3.63) is 24.3 Å². The summed E-state index contributed by atoms with van der Waals surface area (Å²) in [5.74, 6) is -0.192. The van der Waals surface area contributed by atoms with E-state index in [0.717, 1.165) is 38.5 Å². The molecular formula is C36H69NO4. The zero-order valence-electron chi connectivity index (χ0n) is 27.2. The number of nitrogens with one attached hydrogen (secondary N) is 1. The van der Waals surface area contributed by atoms with Gasteiger partial charge in [-0.1, -0.05) is 134 Å². The van der Waals surface area contributed by atoms with E-state index in [9.17, 15) is 20.1 Å². The van der Waals surface area contributed by atoms with Crippen molar-refractivity contribution in [3.63, 3.8) is 0 Å². The number of unbranched alkanes of at least 4 members (excludes halogenated alkanes) is 19. The van der Waals surface area contributed by atoms with Crippen LogP contribution in [0, 0.1) is 0 Å². The van der Waals surface area contributed by atoms with Gasteiger partial charge < -0.3 is 20.6 Å². The summed E-state index contributed by atoms with van der Waals surface area (Å²) in [6, 6.07) is -0.835. The van der Waals surface area contributed by atoms with E-state index in [1.807, 2.05) is 0 Å². The Morgan fingerprint density at radius 3 is 1.44 bits per heavy atom. The van der Waals surface area contributed by atoms with Crippen molar-refractivity contribution < 1.29 is 20.1 Å². The van der Waals surface area contributed by atoms with E-state index in [4.69, 9.17) is 0 Å². The van der Waals surface area contributed by atoms with Crippen molar-refractivity contribution in [1.82, 2.24) is 5.32 Å². The van der Waals surface area contributed by atoms with Crippen LogP contribution in [0.5, 0.6) is 0 Å². The van der Waals surface area contributed by atoms with Crippen LogP contribution in [0.25, 0.3) is 0 Å². The summed E-state index contributed by atoms with van der Waals surface area (Å²) in [7, 11) is 0. The molecule has 5 nitrogen and oxygen atoms in total. The van der Waals surface area contributed by atoms with Gasteiger partial charge >= 0.3 is 0 Å². The Morgan fingerprint density at radius 1 is 0.585 bits per heavy atom. The Labute approximate surface area is 254 Å². The fourth-order valence-electron chi connectivity index (χ4n) is 5.22. The minimum atomic E-state index is -1.17. The van der Waals surface area contributed by atoms with Crippen molar-refractivity contribution in [2.24, 2.45) is 0 Å². The van der Waals surface area contributed by atoms with Gasteiger partial charge in [-0.15, -0.1) is 0 Å². The number of carbonyl (C=O) groups excluding carboxylic acids is 1. The Bertz CT molecular complexity index is 606. The molecule has 0 aliphatic heterocycles. The summed E-state index contributed by atoms with van der Waals surface area (Å²) in [6.07, 6.45) is 35.7. The minimum Gasteiger partial charge on any atom is -0.394 e. The van der Waals surface area contributed by atoms with Crippen LogP contribution in [-0.2, 0) is 4.79 Å². The molecule has 0 aromatic carbocycles. The van der Waals surface area contributed by atoms with Crippen LogP contribution < -0.4 is 5.32 Å². The molecule has 0 aliphatic carbocycles. The topological polar surface area (TPSA) is 89.8 Å². The van der Waals surface area contributed by atoms with Gasteiger partial charge in [0.05, 0.1) is 18.8 Å². The molecule has 3 unspecified atom stereocenters. The average molecular weight is 580 g/mol. The molecule has 242 valence electrons. The second kappa shape index (κ2) is 31.8. The van der Waals surface area contributed by atoms with Gasteiger partial charge in [0.2, 0.25) is 5.91 Å². The lowest BCUT2D eigenvalue weighted by Gasteiger charge is -2.26. The second-order valence-electron chi connectivity index (χ2n) is 12.1. The molecule has 41 heavy (non-hydrogen) atoms. The first-order chi connectivity index (χ1) is 20.1. The Morgan fingerprint density at radius 2 is 0.976 bits per heavy atom. The monoisotopic (exact) mass is 580 g/mol. The summed E-state index contributed by atoms with van der Waals surface area (Å²) < 4.78 is 0. The Hall–Kier alpha value is -1.17. The quantitative estimate of drug-likeness (QED) is 0.0487. The molecule has 0 aliphatic rings. The predicted octanol–water partition coefficient (Wildman–Crippen LogP) is 9.09. The first kappa shape index (κ1) is 39.8. The molecule has 1 amide bonds. The van der Waals surface area contributed by atoms with Crippen LogP contribution in [0.4, 0.5) is 0 Å². The van der Waals surface area contributed by atoms with Crippen LogP contribution in [0.3, 0.4) is 0 Å². The molecule has 5 heteroatoms. The number of hydrogen-bond acceptors (Lipinski definition) is 4. The van der Waals surface area contributed by atoms with Gasteiger partial charge in [0, 0.05) is 6.42 Å². The number of amides is 1. The number of hydrogen-bond donors (Lipinski definition) is 4. The van der Waals surface area contributed by atoms with Gasteiger partial charge in [0.25, 0.3) is 0 Å². The fourth-order valence-corrected chi connectivity index (χ4v) is 5.22. The van der Waals surface area contributed by atoms with E-state index >= 15 is 0 Å². The summed E-state index contributed by atoms with van der Waals surface area (Å²) in [6.45, 7) is 4.10. The number of aliphatic hydroxyl groups excluding tert-OH is 3. The Balaban J connectivity index is 3.74. The average Bonchev–Trinajstić information content (AvgIpc) is 2.97. The second-order valence-corrected chi connectivity index (χ2v) is 12.1. The number of rotatable bonds is 31. The van der Waals surface area contributed by atoms with Gasteiger partial charge in [0.1, 0.15) is 6.10 Å². The van der Waals surface area contributed by atoms with Crippen LogP contribution in [-0.4, -0.2) is 46.1 Å². The van der Waals surface area contributed by atoms with Crippen molar-refractivity contribution in [2.75, 3.05) is 6.61 Å². The summed E-state index contributed by atoms with van der Waals surface area (Å²) in [4.78, 5) is 12.2. The molecule has 4 N–H and O–H groups in total. The smallest absolute Gasteiger partial charge is 0.220 e. The number of allylic oxidation sites excluding steroid dienone is 4. The van der Waals surface area contributed by atoms with E-state index in [2.05, 4.69) is 43.5 Å². The molecule has 0 heterocycles. The van der Waals surface area contributed by atoms with Gasteiger partial charge in [-0.25, -0.2) is 0 Å². The highest BCUT2D eigenvalue weighted by molar-refractivity contribution is 5.76. The van der Waals surface area contributed by atoms with Crippen molar-refractivity contribution in [3.8, 4) is 0 Å². The third kappa shape index (κ3) is 27.4. The van der Waals surface area contributed by atoms with Gasteiger partial charge in [-0.05, 0) is 57.8 Å². The van der Waals surface area contributed by atoms with Crippen molar-refractivity contribution >= 4 is 5.91 Å². The maximum Gasteiger partial charge on any atom is 0.220 e. The SMILES string of the molecule is CCCCCC/C=C\CCCC(=O)NC(CO)C(O)C(O)CCC/C=C/CCCCCCCCCCCCCCC. The first-order valence-corrected chi connectivity index (χ1v) is 17.6. The van der Waals surface area contributed by atoms with Crippen molar-refractivity contribution in [1.29, 1.82) is 0 Å². The predicted molar refractivity (Wildman–Crippen MR) is 176 cm³/mol. The molecule has 0 saturated heterocycles. The Kier molecular flexibility index (Phi) is 30.9. The molecule has 0 radical (unpaired) electrons. The number of carbonyl (C=O) groups is 1. The lowest BCUT2D eigenvalue weighted by Crippen LogP contribution is -2.50. The molecule has 0 aromatic rings. The largest absolute Gasteiger partial charge is 0.394 e. The normalized spacial score (nSPS) is 14.2. The highest BCUT2D eigenvalue weighted by Crippen LogP contribution is 2.14. The fraction of sp³-hybridized carbons (Fsp3) is 0.861. The molecule has 0 aromatic heterocycles. The van der Waals surface area contributed by atoms with Crippen molar-refractivity contribution in [2.45, 2.75) is 193 Å². The van der Waals surface area contributed by atoms with Crippen LogP contribution in [0.2, 0.25) is 0 Å². The van der Waals surface area contributed by atoms with E-state index in [1.54, 1.807) is 0 Å². The summed E-state index contributed by atoms with van der Waals surface area (Å²) >= 11 is 0. The van der Waals surface area contributed by atoms with Gasteiger partial charge in [-0.2, -0.15) is 0 Å². The highest BCUT2D eigenvalue weighted by Gasteiger charge is 2.26. The van der Waals surface area contributed by atoms with E-state index < -0.39 is 18.2 Å². The third-order valence-electron chi connectivity index (χ3n) is 8.03. The maximum atomic E-state index is 12.2. The molecule has 0 saturated carbocycles. The van der Waals surface area contributed by atoms with Crippen LogP contribution in [0.15, 0.2) is 24.3 Å². The molecular weight excluding hydrogens is 510 g/mol. The zero-order chi connectivity index (χ0) is 30.2. The third-order valence-corrected chi connectivity index (χ3v) is 8.03. The van der Waals surface area contributed by atoms with Crippen LogP contribution >= 0.6 is 0 Å². The molecule has 3 atom stereocenters. The minimum absolute atomic E-state index is 0.192. The summed E-state index contributed by atoms with van der Waals surface area (Å²) in [5.41, 5.74) is 0. The zero-order valence-corrected chi connectivity index (χ0v) is 27.2. The highest BCUT2D eigenvalue weighted by atomic mass is 16.3. The van der Waals surface area contributed by atoms with E-state index in [1.165, 1.54) is 109 Å². The van der Waals surface area contributed by atoms with Gasteiger partial charge in [0.15, 0.2) is 0 Å². The standard InChI is InChI=1S/C36H69NO4/c1-3-5-7-9-11-13-14-15-16-17-18-19-20-21-23-24-26-28-30-34(39)36(41)33(32-38)37-35(40)31-29-27-25-22-12-10-8-6-4-2/h22-25,33-34,36,38-39,41H,3-21,26-32H2,1-2H3,(H,37,40)/b24-23+,25-22-. The molecule has 0 rings (SSSR count). The number of aliphatic hydroxyl groups is 3. The van der Waals surface area contributed by atoms with Crippen LogP contribution in [0.1, 0.15) is 174 Å². The lowest BCUT2D eigenvalue weighted by atomic mass is 10.0. The van der Waals surface area contributed by atoms with Gasteiger partial charge in [-0.3, -0.25) is 4.79 Å². The molecule has 0 bridgehead atoms. The first-order valence-electron chi connectivity index (χ1n) is 17.6. The maximum absolute atomic E-state index is 12.2. The molecule has 0 fully saturated rings. The van der Waals surface area contributed by atoms with E-state index in [-0.39, 0.29) is 12.5 Å². The summed E-state index contributed by atoms with van der Waals surface area (Å²) in [5, 5.41) is 33.2. The lowest BCUT2D eigenvalue weighted by molar-refractivity contribution is -0.124. The van der Waals surface area contributed by atoms with E-state index in [0.29, 0.717) is 12.8 Å². The molecule has 0 spiro atoms.